The molecule has 3 aliphatic carbocycles. The molecule has 3 aliphatic rings. The van der Waals surface area contributed by atoms with Gasteiger partial charge >= 0.3 is 5.97 Å². The fourth-order valence-corrected chi connectivity index (χ4v) is 4.88. The van der Waals surface area contributed by atoms with Crippen molar-refractivity contribution in [1.82, 2.24) is 5.32 Å². The summed E-state index contributed by atoms with van der Waals surface area (Å²) < 4.78 is 13.3. The number of halogens is 1. The van der Waals surface area contributed by atoms with Crippen molar-refractivity contribution in [3.05, 3.63) is 35.1 Å². The minimum absolute atomic E-state index is 0.0854. The smallest absolute Gasteiger partial charge is 0.308 e. The Morgan fingerprint density at radius 1 is 1.24 bits per heavy atom. The van der Waals surface area contributed by atoms with Crippen LogP contribution in [-0.4, -0.2) is 17.1 Å². The second kappa shape index (κ2) is 4.80. The van der Waals surface area contributed by atoms with Gasteiger partial charge in [-0.15, -0.1) is 0 Å². The summed E-state index contributed by atoms with van der Waals surface area (Å²) in [6.07, 6.45) is 5.08. The maximum absolute atomic E-state index is 13.3. The van der Waals surface area contributed by atoms with Crippen LogP contribution in [0, 0.1) is 23.6 Å². The molecule has 4 heteroatoms. The monoisotopic (exact) mass is 289 g/mol. The molecule has 21 heavy (non-hydrogen) atoms. The average Bonchev–Trinajstić information content (AvgIpc) is 3.13. The molecule has 0 radical (unpaired) electrons. The van der Waals surface area contributed by atoms with Gasteiger partial charge in [-0.2, -0.15) is 0 Å². The van der Waals surface area contributed by atoms with Crippen LogP contribution < -0.4 is 5.32 Å². The first-order valence-corrected chi connectivity index (χ1v) is 7.90. The van der Waals surface area contributed by atoms with E-state index in [-0.39, 0.29) is 23.8 Å². The normalized spacial score (nSPS) is 36.9. The van der Waals surface area contributed by atoms with Crippen LogP contribution in [0.3, 0.4) is 0 Å². The number of aryl methyl sites for hydroxylation is 1. The molecule has 2 N–H and O–H groups in total. The molecule has 2 bridgehead atoms. The molecule has 0 aromatic heterocycles. The molecule has 1 aromatic carbocycles. The van der Waals surface area contributed by atoms with Crippen molar-refractivity contribution in [2.45, 2.75) is 44.2 Å². The van der Waals surface area contributed by atoms with Crippen molar-refractivity contribution in [2.75, 3.05) is 0 Å². The highest BCUT2D eigenvalue weighted by atomic mass is 19.1. The van der Waals surface area contributed by atoms with Gasteiger partial charge < -0.3 is 10.4 Å². The van der Waals surface area contributed by atoms with E-state index in [1.54, 1.807) is 6.07 Å². The molecule has 112 valence electrons. The molecular weight excluding hydrogens is 269 g/mol. The van der Waals surface area contributed by atoms with E-state index in [2.05, 4.69) is 5.32 Å². The number of fused-ring (bicyclic) bond motifs is 3. The number of hydrogen-bond acceptors (Lipinski definition) is 2. The van der Waals surface area contributed by atoms with Gasteiger partial charge in [-0.3, -0.25) is 4.79 Å². The number of carbonyl (C=O) groups is 1. The first-order chi connectivity index (χ1) is 10.1. The van der Waals surface area contributed by atoms with E-state index in [0.29, 0.717) is 11.8 Å². The lowest BCUT2D eigenvalue weighted by Crippen LogP contribution is -2.45. The maximum atomic E-state index is 13.3. The molecule has 5 unspecified atom stereocenters. The van der Waals surface area contributed by atoms with Gasteiger partial charge in [-0.25, -0.2) is 4.39 Å². The zero-order valence-electron chi connectivity index (χ0n) is 11.9. The van der Waals surface area contributed by atoms with Crippen molar-refractivity contribution < 1.29 is 14.3 Å². The van der Waals surface area contributed by atoms with Crippen molar-refractivity contribution in [1.29, 1.82) is 0 Å². The summed E-state index contributed by atoms with van der Waals surface area (Å²) in [4.78, 5) is 11.6. The van der Waals surface area contributed by atoms with E-state index in [1.165, 1.54) is 6.07 Å². The molecule has 0 amide bonds. The maximum Gasteiger partial charge on any atom is 0.308 e. The Hall–Kier alpha value is -1.42. The molecule has 2 fully saturated rings. The lowest BCUT2D eigenvalue weighted by atomic mass is 9.84. The molecule has 4 rings (SSSR count). The SMILES string of the molecule is O=C(O)C1C2CCC(C2)C1NC1CCc2cc(F)ccc21. The largest absolute Gasteiger partial charge is 0.481 e. The molecule has 3 nitrogen and oxygen atoms in total. The van der Waals surface area contributed by atoms with Gasteiger partial charge in [0.1, 0.15) is 5.82 Å². The molecule has 0 saturated heterocycles. The topological polar surface area (TPSA) is 49.3 Å². The van der Waals surface area contributed by atoms with E-state index in [0.717, 1.165) is 43.2 Å². The Balaban J connectivity index is 1.56. The first kappa shape index (κ1) is 13.3. The summed E-state index contributed by atoms with van der Waals surface area (Å²) in [7, 11) is 0. The number of hydrogen-bond donors (Lipinski definition) is 2. The lowest BCUT2D eigenvalue weighted by Gasteiger charge is -2.31. The summed E-state index contributed by atoms with van der Waals surface area (Å²) in [5.41, 5.74) is 2.23. The fraction of sp³-hybridized carbons (Fsp3) is 0.588. The highest BCUT2D eigenvalue weighted by Gasteiger charge is 2.51. The van der Waals surface area contributed by atoms with Gasteiger partial charge in [-0.05, 0) is 67.2 Å². The second-order valence-corrected chi connectivity index (χ2v) is 6.82. The predicted molar refractivity (Wildman–Crippen MR) is 76.3 cm³/mol. The van der Waals surface area contributed by atoms with Crippen molar-refractivity contribution >= 4 is 5.97 Å². The van der Waals surface area contributed by atoms with Crippen LogP contribution in [0.2, 0.25) is 0 Å². The standard InChI is InChI=1S/C17H20FNO2/c18-12-4-5-13-9(8-12)3-6-14(13)19-16-11-2-1-10(7-11)15(16)17(20)21/h4-5,8,10-11,14-16,19H,1-3,6-7H2,(H,20,21). The number of nitrogens with one attached hydrogen (secondary N) is 1. The summed E-state index contributed by atoms with van der Waals surface area (Å²) in [6.45, 7) is 0. The van der Waals surface area contributed by atoms with Crippen molar-refractivity contribution in [2.24, 2.45) is 17.8 Å². The minimum atomic E-state index is -0.656. The Kier molecular flexibility index (Phi) is 3.03. The predicted octanol–water partition coefficient (Wildman–Crippen LogP) is 2.90. The quantitative estimate of drug-likeness (QED) is 0.899. The lowest BCUT2D eigenvalue weighted by molar-refractivity contribution is -0.144. The average molecular weight is 289 g/mol. The zero-order chi connectivity index (χ0) is 14.6. The molecule has 1 aromatic rings. The molecule has 5 atom stereocenters. The second-order valence-electron chi connectivity index (χ2n) is 6.82. The van der Waals surface area contributed by atoms with Crippen LogP contribution in [0.25, 0.3) is 0 Å². The number of carboxylic acids is 1. The Morgan fingerprint density at radius 2 is 2.05 bits per heavy atom. The van der Waals surface area contributed by atoms with Crippen LogP contribution in [0.5, 0.6) is 0 Å². The summed E-state index contributed by atoms with van der Waals surface area (Å²) in [5, 5.41) is 13.1. The summed E-state index contributed by atoms with van der Waals surface area (Å²) in [6, 6.07) is 5.26. The van der Waals surface area contributed by atoms with Crippen molar-refractivity contribution in [3.63, 3.8) is 0 Å². The zero-order valence-corrected chi connectivity index (χ0v) is 11.9. The van der Waals surface area contributed by atoms with Crippen molar-refractivity contribution in [3.8, 4) is 0 Å². The number of benzene rings is 1. The Bertz CT molecular complexity index is 588. The van der Waals surface area contributed by atoms with E-state index in [1.807, 2.05) is 6.07 Å². The number of rotatable bonds is 3. The van der Waals surface area contributed by atoms with Crippen LogP contribution in [-0.2, 0) is 11.2 Å². The van der Waals surface area contributed by atoms with Crippen LogP contribution in [0.1, 0.15) is 42.9 Å². The number of carboxylic acid groups (broad SMARTS) is 1. The van der Waals surface area contributed by atoms with Gasteiger partial charge in [0.25, 0.3) is 0 Å². The Labute approximate surface area is 123 Å². The molecule has 2 saturated carbocycles. The van der Waals surface area contributed by atoms with Gasteiger partial charge in [-0.1, -0.05) is 6.07 Å². The Morgan fingerprint density at radius 3 is 2.86 bits per heavy atom. The van der Waals surface area contributed by atoms with Crippen LogP contribution in [0.4, 0.5) is 4.39 Å². The molecule has 0 spiro atoms. The first-order valence-electron chi connectivity index (χ1n) is 7.90. The minimum Gasteiger partial charge on any atom is -0.481 e. The highest BCUT2D eigenvalue weighted by Crippen LogP contribution is 2.49. The van der Waals surface area contributed by atoms with E-state index in [4.69, 9.17) is 0 Å². The van der Waals surface area contributed by atoms with Gasteiger partial charge in [0.15, 0.2) is 0 Å². The molecular formula is C17H20FNO2. The van der Waals surface area contributed by atoms with E-state index in [9.17, 15) is 14.3 Å². The summed E-state index contributed by atoms with van der Waals surface area (Å²) in [5.74, 6) is -0.234. The van der Waals surface area contributed by atoms with Gasteiger partial charge in [0, 0.05) is 12.1 Å². The number of aliphatic carboxylic acids is 1. The van der Waals surface area contributed by atoms with E-state index >= 15 is 0 Å². The third-order valence-electron chi connectivity index (χ3n) is 5.78. The third kappa shape index (κ3) is 2.08. The van der Waals surface area contributed by atoms with Crippen LogP contribution >= 0.6 is 0 Å². The van der Waals surface area contributed by atoms with Gasteiger partial charge in [0.2, 0.25) is 0 Å². The van der Waals surface area contributed by atoms with Gasteiger partial charge in [0.05, 0.1) is 5.92 Å². The van der Waals surface area contributed by atoms with E-state index < -0.39 is 5.97 Å². The summed E-state index contributed by atoms with van der Waals surface area (Å²) >= 11 is 0. The highest BCUT2D eigenvalue weighted by molar-refractivity contribution is 5.72. The molecule has 0 aliphatic heterocycles. The third-order valence-corrected chi connectivity index (χ3v) is 5.78. The fourth-order valence-electron chi connectivity index (χ4n) is 4.88. The van der Waals surface area contributed by atoms with Crippen LogP contribution in [0.15, 0.2) is 18.2 Å². The molecule has 0 heterocycles.